The van der Waals surface area contributed by atoms with Gasteiger partial charge in [-0.2, -0.15) is 0 Å². The molecule has 0 spiro atoms. The van der Waals surface area contributed by atoms with Crippen LogP contribution in [0.25, 0.3) is 0 Å². The molecule has 154 valence electrons. The Morgan fingerprint density at radius 1 is 1.17 bits per heavy atom. The monoisotopic (exact) mass is 420 g/mol. The molecule has 0 unspecified atom stereocenters. The number of aromatic nitrogens is 1. The van der Waals surface area contributed by atoms with Crippen molar-refractivity contribution in [1.29, 1.82) is 0 Å². The Bertz CT molecular complexity index is 1030. The maximum absolute atomic E-state index is 12.8. The fraction of sp³-hybridized carbons (Fsp3) is 0.368. The van der Waals surface area contributed by atoms with Gasteiger partial charge in [0, 0.05) is 6.26 Å². The molecule has 0 fully saturated rings. The SMILES string of the molecule is Cc1noc(C)c1COC(=O)[C@H](CCS(C)(=O)=O)N1C(=O)c2ccccc2C1=O. The zero-order valence-corrected chi connectivity index (χ0v) is 17.0. The lowest BCUT2D eigenvalue weighted by Crippen LogP contribution is -2.46. The van der Waals surface area contributed by atoms with Crippen LogP contribution >= 0.6 is 0 Å². The summed E-state index contributed by atoms with van der Waals surface area (Å²) in [6, 6.07) is 4.82. The van der Waals surface area contributed by atoms with E-state index in [0.29, 0.717) is 17.0 Å². The maximum atomic E-state index is 12.8. The summed E-state index contributed by atoms with van der Waals surface area (Å²) >= 11 is 0. The molecule has 2 amide bonds. The summed E-state index contributed by atoms with van der Waals surface area (Å²) in [7, 11) is -3.44. The van der Waals surface area contributed by atoms with Crippen molar-refractivity contribution in [1.82, 2.24) is 10.1 Å². The average molecular weight is 420 g/mol. The second-order valence-corrected chi connectivity index (χ2v) is 9.13. The van der Waals surface area contributed by atoms with Crippen molar-refractivity contribution in [2.24, 2.45) is 0 Å². The summed E-state index contributed by atoms with van der Waals surface area (Å²) in [4.78, 5) is 39.1. The Balaban J connectivity index is 1.86. The highest BCUT2D eigenvalue weighted by Gasteiger charge is 2.43. The molecule has 0 saturated carbocycles. The van der Waals surface area contributed by atoms with E-state index in [1.165, 1.54) is 12.1 Å². The Morgan fingerprint density at radius 3 is 2.24 bits per heavy atom. The van der Waals surface area contributed by atoms with E-state index < -0.39 is 33.7 Å². The first-order valence-corrected chi connectivity index (χ1v) is 10.9. The highest BCUT2D eigenvalue weighted by Crippen LogP contribution is 2.26. The molecule has 0 N–H and O–H groups in total. The normalized spacial score (nSPS) is 14.8. The van der Waals surface area contributed by atoms with Crippen LogP contribution in [-0.4, -0.2) is 54.3 Å². The van der Waals surface area contributed by atoms with Crippen LogP contribution in [0, 0.1) is 13.8 Å². The standard InChI is InChI=1S/C19H20N2O7S/c1-11-15(12(2)28-20-11)10-27-19(24)16(8-9-29(3,25)26)21-17(22)13-6-4-5-7-14(13)18(21)23/h4-7,16H,8-10H2,1-3H3/t16-/m0/s1. The molecular weight excluding hydrogens is 400 g/mol. The van der Waals surface area contributed by atoms with Gasteiger partial charge in [0.2, 0.25) is 0 Å². The number of aryl methyl sites for hydroxylation is 2. The molecule has 1 aromatic carbocycles. The van der Waals surface area contributed by atoms with Crippen LogP contribution in [-0.2, 0) is 26.0 Å². The van der Waals surface area contributed by atoms with Crippen LogP contribution in [0.5, 0.6) is 0 Å². The maximum Gasteiger partial charge on any atom is 0.329 e. The molecule has 9 nitrogen and oxygen atoms in total. The third-order valence-corrected chi connectivity index (χ3v) is 5.69. The summed E-state index contributed by atoms with van der Waals surface area (Å²) in [5.41, 5.74) is 1.45. The number of rotatable bonds is 7. The molecule has 10 heteroatoms. The topological polar surface area (TPSA) is 124 Å². The number of hydrogen-bond donors (Lipinski definition) is 0. The molecule has 0 bridgehead atoms. The highest BCUT2D eigenvalue weighted by atomic mass is 32.2. The lowest BCUT2D eigenvalue weighted by molar-refractivity contribution is -0.149. The van der Waals surface area contributed by atoms with E-state index in [9.17, 15) is 22.8 Å². The van der Waals surface area contributed by atoms with Crippen molar-refractivity contribution in [2.45, 2.75) is 32.9 Å². The molecule has 1 aliphatic heterocycles. The zero-order valence-electron chi connectivity index (χ0n) is 16.2. The Labute approximate surface area is 167 Å². The van der Waals surface area contributed by atoms with E-state index in [-0.39, 0.29) is 29.9 Å². The number of nitrogens with zero attached hydrogens (tertiary/aromatic N) is 2. The van der Waals surface area contributed by atoms with E-state index in [2.05, 4.69) is 5.16 Å². The van der Waals surface area contributed by atoms with Crippen LogP contribution in [0.1, 0.15) is 44.2 Å². The number of amides is 2. The fourth-order valence-corrected chi connectivity index (χ4v) is 3.77. The predicted molar refractivity (Wildman–Crippen MR) is 101 cm³/mol. The Hall–Kier alpha value is -3.01. The van der Waals surface area contributed by atoms with E-state index in [1.807, 2.05) is 0 Å². The van der Waals surface area contributed by atoms with E-state index >= 15 is 0 Å². The van der Waals surface area contributed by atoms with E-state index in [1.54, 1.807) is 26.0 Å². The van der Waals surface area contributed by atoms with Crippen molar-refractivity contribution >= 4 is 27.6 Å². The minimum Gasteiger partial charge on any atom is -0.459 e. The lowest BCUT2D eigenvalue weighted by Gasteiger charge is -2.24. The van der Waals surface area contributed by atoms with Crippen LogP contribution in [0.4, 0.5) is 0 Å². The number of esters is 1. The number of ether oxygens (including phenoxy) is 1. The van der Waals surface area contributed by atoms with Crippen molar-refractivity contribution < 1.29 is 32.1 Å². The first-order chi connectivity index (χ1) is 13.6. The van der Waals surface area contributed by atoms with Crippen LogP contribution in [0.3, 0.4) is 0 Å². The van der Waals surface area contributed by atoms with Gasteiger partial charge >= 0.3 is 5.97 Å². The summed E-state index contributed by atoms with van der Waals surface area (Å²) in [6.45, 7) is 3.18. The van der Waals surface area contributed by atoms with Gasteiger partial charge in [0.15, 0.2) is 0 Å². The summed E-state index contributed by atoms with van der Waals surface area (Å²) < 4.78 is 33.6. The average Bonchev–Trinajstić information content (AvgIpc) is 3.11. The molecule has 3 rings (SSSR count). The molecule has 0 aliphatic carbocycles. The summed E-state index contributed by atoms with van der Waals surface area (Å²) in [5, 5.41) is 3.77. The van der Waals surface area contributed by atoms with Gasteiger partial charge in [0.05, 0.1) is 28.1 Å². The number of imide groups is 1. The van der Waals surface area contributed by atoms with Gasteiger partial charge in [-0.05, 0) is 32.4 Å². The first-order valence-electron chi connectivity index (χ1n) is 8.83. The van der Waals surface area contributed by atoms with E-state index in [4.69, 9.17) is 9.26 Å². The summed E-state index contributed by atoms with van der Waals surface area (Å²) in [6.07, 6.45) is 0.756. The van der Waals surface area contributed by atoms with E-state index in [0.717, 1.165) is 11.2 Å². The molecule has 1 aromatic heterocycles. The Morgan fingerprint density at radius 2 is 1.76 bits per heavy atom. The number of fused-ring (bicyclic) bond motifs is 1. The second kappa shape index (κ2) is 7.78. The smallest absolute Gasteiger partial charge is 0.329 e. The highest BCUT2D eigenvalue weighted by molar-refractivity contribution is 7.90. The predicted octanol–water partition coefficient (Wildman–Crippen LogP) is 1.43. The van der Waals surface area contributed by atoms with Gasteiger partial charge in [-0.1, -0.05) is 17.3 Å². The Kier molecular flexibility index (Phi) is 5.56. The van der Waals surface area contributed by atoms with Gasteiger partial charge in [0.25, 0.3) is 11.8 Å². The van der Waals surface area contributed by atoms with Crippen molar-refractivity contribution in [3.63, 3.8) is 0 Å². The van der Waals surface area contributed by atoms with Crippen LogP contribution in [0.2, 0.25) is 0 Å². The second-order valence-electron chi connectivity index (χ2n) is 6.87. The molecule has 29 heavy (non-hydrogen) atoms. The van der Waals surface area contributed by atoms with Crippen molar-refractivity contribution in [2.75, 3.05) is 12.0 Å². The van der Waals surface area contributed by atoms with Crippen molar-refractivity contribution in [3.8, 4) is 0 Å². The number of benzene rings is 1. The minimum absolute atomic E-state index is 0.167. The molecule has 1 aliphatic rings. The molecule has 0 saturated heterocycles. The minimum atomic E-state index is -3.44. The third-order valence-electron chi connectivity index (χ3n) is 4.71. The van der Waals surface area contributed by atoms with Crippen LogP contribution in [0.15, 0.2) is 28.8 Å². The number of carbonyl (C=O) groups excluding carboxylic acids is 3. The lowest BCUT2D eigenvalue weighted by atomic mass is 10.1. The van der Waals surface area contributed by atoms with Crippen LogP contribution < -0.4 is 0 Å². The number of sulfone groups is 1. The van der Waals surface area contributed by atoms with Crippen molar-refractivity contribution in [3.05, 3.63) is 52.4 Å². The number of hydrogen-bond acceptors (Lipinski definition) is 8. The van der Waals surface area contributed by atoms with Gasteiger partial charge in [-0.15, -0.1) is 0 Å². The fourth-order valence-electron chi connectivity index (χ4n) is 3.12. The molecule has 0 radical (unpaired) electrons. The zero-order chi connectivity index (χ0) is 21.3. The molecule has 2 heterocycles. The van der Waals surface area contributed by atoms with Gasteiger partial charge in [0.1, 0.15) is 28.2 Å². The third kappa shape index (κ3) is 4.21. The van der Waals surface area contributed by atoms with Gasteiger partial charge in [-0.3, -0.25) is 14.5 Å². The molecule has 2 aromatic rings. The molecular formula is C19H20N2O7S. The largest absolute Gasteiger partial charge is 0.459 e. The quantitative estimate of drug-likeness (QED) is 0.487. The van der Waals surface area contributed by atoms with Gasteiger partial charge < -0.3 is 9.26 Å². The molecule has 1 atom stereocenters. The summed E-state index contributed by atoms with van der Waals surface area (Å²) in [5.74, 6) is -2.09. The first kappa shape index (κ1) is 20.7. The van der Waals surface area contributed by atoms with Gasteiger partial charge in [-0.25, -0.2) is 13.2 Å². The number of carbonyl (C=O) groups is 3.